The molecule has 0 saturated carbocycles. The van der Waals surface area contributed by atoms with Crippen LogP contribution < -0.4 is 26.4 Å². The van der Waals surface area contributed by atoms with Crippen LogP contribution in [0.15, 0.2) is 42.5 Å². The van der Waals surface area contributed by atoms with Gasteiger partial charge in [-0.2, -0.15) is 0 Å². The summed E-state index contributed by atoms with van der Waals surface area (Å²) in [5.74, 6) is -0.426. The minimum atomic E-state index is -0.503. The lowest BCUT2D eigenvalue weighted by Crippen LogP contribution is -2.28. The van der Waals surface area contributed by atoms with Crippen molar-refractivity contribution in [3.8, 4) is 5.75 Å². The first-order valence-electron chi connectivity index (χ1n) is 10.4. The van der Waals surface area contributed by atoms with Crippen molar-refractivity contribution in [1.29, 1.82) is 0 Å². The Bertz CT molecular complexity index is 1020. The van der Waals surface area contributed by atoms with Crippen LogP contribution in [0.25, 0.3) is 0 Å². The zero-order valence-corrected chi connectivity index (χ0v) is 17.6. The molecule has 32 heavy (non-hydrogen) atoms. The number of nitrogens with two attached hydrogens (primary N) is 1. The van der Waals surface area contributed by atoms with Gasteiger partial charge in [0.25, 0.3) is 5.91 Å². The fraction of sp³-hybridized carbons (Fsp3) is 0.304. The maximum Gasteiger partial charge on any atom is 0.253 e. The SMILES string of the molecule is NC(=O)CCNC(=O)c1ccccc1NC(=O)CCCOc1ccc2c(c1)CCC(=O)N2. The molecule has 0 spiro atoms. The van der Waals surface area contributed by atoms with Crippen LogP contribution in [0, 0.1) is 0 Å². The lowest BCUT2D eigenvalue weighted by molar-refractivity contribution is -0.118. The number of aryl methyl sites for hydroxylation is 1. The van der Waals surface area contributed by atoms with Crippen LogP contribution in [-0.4, -0.2) is 36.8 Å². The number of benzene rings is 2. The van der Waals surface area contributed by atoms with E-state index in [2.05, 4.69) is 16.0 Å². The summed E-state index contributed by atoms with van der Waals surface area (Å²) in [5, 5.41) is 8.18. The van der Waals surface area contributed by atoms with Crippen molar-refractivity contribution in [1.82, 2.24) is 5.32 Å². The normalized spacial score (nSPS) is 12.3. The van der Waals surface area contributed by atoms with E-state index in [-0.39, 0.29) is 31.2 Å². The minimum absolute atomic E-state index is 0.0156. The van der Waals surface area contributed by atoms with Crippen LogP contribution in [0.4, 0.5) is 11.4 Å². The first-order valence-corrected chi connectivity index (χ1v) is 10.4. The van der Waals surface area contributed by atoms with Crippen LogP contribution >= 0.6 is 0 Å². The lowest BCUT2D eigenvalue weighted by Gasteiger charge is -2.17. The molecule has 168 valence electrons. The smallest absolute Gasteiger partial charge is 0.253 e. The molecule has 1 aliphatic rings. The fourth-order valence-corrected chi connectivity index (χ4v) is 3.27. The van der Waals surface area contributed by atoms with Gasteiger partial charge in [-0.05, 0) is 48.7 Å². The Morgan fingerprint density at radius 2 is 1.88 bits per heavy atom. The van der Waals surface area contributed by atoms with Gasteiger partial charge in [-0.15, -0.1) is 0 Å². The third kappa shape index (κ3) is 6.56. The van der Waals surface area contributed by atoms with E-state index >= 15 is 0 Å². The number of nitrogens with one attached hydrogen (secondary N) is 3. The highest BCUT2D eigenvalue weighted by Gasteiger charge is 2.15. The Morgan fingerprint density at radius 3 is 2.69 bits per heavy atom. The first-order chi connectivity index (χ1) is 15.4. The molecule has 1 heterocycles. The van der Waals surface area contributed by atoms with Crippen molar-refractivity contribution in [2.75, 3.05) is 23.8 Å². The molecule has 3 rings (SSSR count). The minimum Gasteiger partial charge on any atom is -0.494 e. The van der Waals surface area contributed by atoms with Crippen molar-refractivity contribution in [2.24, 2.45) is 5.73 Å². The number of hydrogen-bond donors (Lipinski definition) is 4. The lowest BCUT2D eigenvalue weighted by atomic mass is 10.0. The van der Waals surface area contributed by atoms with E-state index in [0.29, 0.717) is 42.9 Å². The highest BCUT2D eigenvalue weighted by molar-refractivity contribution is 6.03. The quantitative estimate of drug-likeness (QED) is 0.420. The van der Waals surface area contributed by atoms with Gasteiger partial charge in [-0.3, -0.25) is 19.2 Å². The number of para-hydroxylation sites is 1. The molecule has 2 aromatic rings. The van der Waals surface area contributed by atoms with Gasteiger partial charge in [0.2, 0.25) is 17.7 Å². The predicted octanol–water partition coefficient (Wildman–Crippen LogP) is 1.97. The van der Waals surface area contributed by atoms with Crippen molar-refractivity contribution in [2.45, 2.75) is 32.1 Å². The molecule has 9 nitrogen and oxygen atoms in total. The zero-order valence-electron chi connectivity index (χ0n) is 17.6. The zero-order chi connectivity index (χ0) is 22.9. The fourth-order valence-electron chi connectivity index (χ4n) is 3.27. The number of ether oxygens (including phenoxy) is 1. The maximum atomic E-state index is 12.3. The Kier molecular flexibility index (Phi) is 7.80. The molecule has 9 heteroatoms. The largest absolute Gasteiger partial charge is 0.494 e. The highest BCUT2D eigenvalue weighted by atomic mass is 16.5. The molecule has 5 N–H and O–H groups in total. The molecule has 0 aromatic heterocycles. The monoisotopic (exact) mass is 438 g/mol. The van der Waals surface area contributed by atoms with Gasteiger partial charge in [0.1, 0.15) is 5.75 Å². The maximum absolute atomic E-state index is 12.3. The number of carbonyl (C=O) groups is 4. The van der Waals surface area contributed by atoms with Gasteiger partial charge in [-0.25, -0.2) is 0 Å². The summed E-state index contributed by atoms with van der Waals surface area (Å²) in [6.07, 6.45) is 1.89. The van der Waals surface area contributed by atoms with Gasteiger partial charge in [0.05, 0.1) is 17.9 Å². The van der Waals surface area contributed by atoms with E-state index in [0.717, 1.165) is 11.3 Å². The van der Waals surface area contributed by atoms with E-state index in [1.54, 1.807) is 30.3 Å². The summed E-state index contributed by atoms with van der Waals surface area (Å²) in [4.78, 5) is 46.9. The van der Waals surface area contributed by atoms with Crippen LogP contribution in [0.3, 0.4) is 0 Å². The number of primary amides is 1. The molecule has 0 aliphatic carbocycles. The van der Waals surface area contributed by atoms with E-state index in [9.17, 15) is 19.2 Å². The topological polar surface area (TPSA) is 140 Å². The van der Waals surface area contributed by atoms with Gasteiger partial charge in [0, 0.05) is 31.5 Å². The average molecular weight is 438 g/mol. The molecule has 0 unspecified atom stereocenters. The Hall–Kier alpha value is -3.88. The summed E-state index contributed by atoms with van der Waals surface area (Å²) >= 11 is 0. The van der Waals surface area contributed by atoms with E-state index in [1.807, 2.05) is 12.1 Å². The Balaban J connectivity index is 1.45. The summed E-state index contributed by atoms with van der Waals surface area (Å²) in [6.45, 7) is 0.483. The van der Waals surface area contributed by atoms with Gasteiger partial charge in [-0.1, -0.05) is 12.1 Å². The predicted molar refractivity (Wildman–Crippen MR) is 119 cm³/mol. The third-order valence-electron chi connectivity index (χ3n) is 4.89. The number of fused-ring (bicyclic) bond motifs is 1. The number of carbonyl (C=O) groups excluding carboxylic acids is 4. The molecule has 0 atom stereocenters. The number of anilines is 2. The molecule has 0 radical (unpaired) electrons. The Morgan fingerprint density at radius 1 is 1.06 bits per heavy atom. The van der Waals surface area contributed by atoms with Crippen molar-refractivity contribution < 1.29 is 23.9 Å². The second-order valence-electron chi connectivity index (χ2n) is 7.39. The van der Waals surface area contributed by atoms with Crippen LogP contribution in [0.2, 0.25) is 0 Å². The number of hydrogen-bond acceptors (Lipinski definition) is 5. The average Bonchev–Trinajstić information content (AvgIpc) is 2.76. The third-order valence-corrected chi connectivity index (χ3v) is 4.89. The van der Waals surface area contributed by atoms with Crippen LogP contribution in [0.1, 0.15) is 41.6 Å². The molecular weight excluding hydrogens is 412 g/mol. The van der Waals surface area contributed by atoms with E-state index in [1.165, 1.54) is 0 Å². The van der Waals surface area contributed by atoms with Gasteiger partial charge >= 0.3 is 0 Å². The second kappa shape index (κ2) is 10.9. The molecule has 4 amide bonds. The molecule has 0 saturated heterocycles. The van der Waals surface area contributed by atoms with Crippen molar-refractivity contribution in [3.05, 3.63) is 53.6 Å². The molecular formula is C23H26N4O5. The van der Waals surface area contributed by atoms with Crippen molar-refractivity contribution >= 4 is 35.0 Å². The molecule has 0 fully saturated rings. The molecule has 2 aromatic carbocycles. The summed E-state index contributed by atoms with van der Waals surface area (Å²) < 4.78 is 5.73. The summed E-state index contributed by atoms with van der Waals surface area (Å²) in [6, 6.07) is 12.2. The van der Waals surface area contributed by atoms with Crippen LogP contribution in [-0.2, 0) is 20.8 Å². The number of amides is 4. The molecule has 1 aliphatic heterocycles. The summed E-state index contributed by atoms with van der Waals surface area (Å²) in [7, 11) is 0. The van der Waals surface area contributed by atoms with E-state index in [4.69, 9.17) is 10.5 Å². The van der Waals surface area contributed by atoms with Crippen molar-refractivity contribution in [3.63, 3.8) is 0 Å². The molecule has 0 bridgehead atoms. The standard InChI is InChI=1S/C23H26N4O5/c24-20(28)11-12-25-23(31)17-4-1-2-5-19(17)27-21(29)6-3-13-32-16-8-9-18-15(14-16)7-10-22(30)26-18/h1-2,4-5,8-9,14H,3,6-7,10-13H2,(H2,24,28)(H,25,31)(H,26,30)(H,27,29). The first kappa shape index (κ1) is 22.8. The van der Waals surface area contributed by atoms with Gasteiger partial charge < -0.3 is 26.4 Å². The number of rotatable bonds is 10. The summed E-state index contributed by atoms with van der Waals surface area (Å²) in [5.41, 5.74) is 7.62. The van der Waals surface area contributed by atoms with E-state index < -0.39 is 11.8 Å². The second-order valence-corrected chi connectivity index (χ2v) is 7.39. The highest BCUT2D eigenvalue weighted by Crippen LogP contribution is 2.27. The Labute approximate surface area is 185 Å². The van der Waals surface area contributed by atoms with Crippen LogP contribution in [0.5, 0.6) is 5.75 Å². The van der Waals surface area contributed by atoms with Gasteiger partial charge in [0.15, 0.2) is 0 Å².